The molecular weight excluding hydrogens is 230 g/mol. The molecule has 0 heterocycles. The second kappa shape index (κ2) is 6.11. The molecule has 0 atom stereocenters. The van der Waals surface area contributed by atoms with Gasteiger partial charge in [0.1, 0.15) is 0 Å². The van der Waals surface area contributed by atoms with Gasteiger partial charge < -0.3 is 0 Å². The molecule has 0 unspecified atom stereocenters. The Morgan fingerprint density at radius 2 is 1.53 bits per heavy atom. The molecule has 0 aliphatic rings. The number of rotatable bonds is 5. The fraction of sp³-hybridized carbons (Fsp3) is 0.0714. The zero-order valence-corrected chi connectivity index (χ0v) is 10.1. The van der Waals surface area contributed by atoms with Crippen LogP contribution in [0.2, 0.25) is 0 Å². The maximum Gasteiger partial charge on any atom is 0.220 e. The van der Waals surface area contributed by atoms with Gasteiger partial charge in [0.15, 0.2) is 0 Å². The van der Waals surface area contributed by atoms with Crippen molar-refractivity contribution in [2.45, 2.75) is 11.4 Å². The second-order valence-corrected chi connectivity index (χ2v) is 4.69. The summed E-state index contributed by atoms with van der Waals surface area (Å²) in [5.74, 6) is 0. The SMILES string of the molecule is O=CN(Cc1ccccc1)Sc1ccccc1. The highest BCUT2D eigenvalue weighted by atomic mass is 32.2. The standard InChI is InChI=1S/C14H13NOS/c16-12-15(11-13-7-3-1-4-8-13)17-14-9-5-2-6-10-14/h1-10,12H,11H2. The minimum Gasteiger partial charge on any atom is -0.280 e. The fourth-order valence-electron chi connectivity index (χ4n) is 1.47. The number of benzene rings is 2. The molecular formula is C14H13NOS. The zero-order chi connectivity index (χ0) is 11.9. The first-order valence-corrected chi connectivity index (χ1v) is 6.15. The molecule has 0 bridgehead atoms. The Hall–Kier alpha value is -1.74. The van der Waals surface area contributed by atoms with Gasteiger partial charge in [-0.05, 0) is 29.6 Å². The van der Waals surface area contributed by atoms with Crippen LogP contribution in [0.4, 0.5) is 0 Å². The van der Waals surface area contributed by atoms with Gasteiger partial charge in [-0.1, -0.05) is 48.5 Å². The average molecular weight is 243 g/mol. The minimum absolute atomic E-state index is 0.615. The van der Waals surface area contributed by atoms with Gasteiger partial charge in [-0.2, -0.15) is 0 Å². The van der Waals surface area contributed by atoms with Crippen molar-refractivity contribution in [2.75, 3.05) is 0 Å². The summed E-state index contributed by atoms with van der Waals surface area (Å²) < 4.78 is 1.69. The van der Waals surface area contributed by atoms with Crippen LogP contribution in [0, 0.1) is 0 Å². The van der Waals surface area contributed by atoms with Crippen molar-refractivity contribution < 1.29 is 4.79 Å². The van der Waals surface area contributed by atoms with Crippen LogP contribution in [0.25, 0.3) is 0 Å². The Morgan fingerprint density at radius 3 is 2.12 bits per heavy atom. The first kappa shape index (κ1) is 11.7. The molecule has 0 spiro atoms. The van der Waals surface area contributed by atoms with Crippen LogP contribution in [0.15, 0.2) is 65.6 Å². The largest absolute Gasteiger partial charge is 0.280 e. The minimum atomic E-state index is 0.615. The smallest absolute Gasteiger partial charge is 0.220 e. The van der Waals surface area contributed by atoms with E-state index in [2.05, 4.69) is 0 Å². The molecule has 2 nitrogen and oxygen atoms in total. The molecule has 0 radical (unpaired) electrons. The lowest BCUT2D eigenvalue weighted by molar-refractivity contribution is -0.114. The summed E-state index contributed by atoms with van der Waals surface area (Å²) in [5, 5.41) is 0. The van der Waals surface area contributed by atoms with Crippen LogP contribution in [0.5, 0.6) is 0 Å². The van der Waals surface area contributed by atoms with Gasteiger partial charge in [-0.3, -0.25) is 9.10 Å². The summed E-state index contributed by atoms with van der Waals surface area (Å²) in [6, 6.07) is 19.8. The molecule has 0 aromatic heterocycles. The van der Waals surface area contributed by atoms with Crippen molar-refractivity contribution in [1.82, 2.24) is 4.31 Å². The maximum atomic E-state index is 11.0. The Balaban J connectivity index is 2.01. The van der Waals surface area contributed by atoms with Crippen molar-refractivity contribution >= 4 is 18.4 Å². The predicted octanol–water partition coefficient (Wildman–Crippen LogP) is 3.35. The van der Waals surface area contributed by atoms with Crippen molar-refractivity contribution in [3.05, 3.63) is 66.2 Å². The van der Waals surface area contributed by atoms with Gasteiger partial charge in [0.05, 0.1) is 6.54 Å². The number of carbonyl (C=O) groups is 1. The number of hydrogen-bond acceptors (Lipinski definition) is 2. The first-order valence-electron chi connectivity index (χ1n) is 5.37. The van der Waals surface area contributed by atoms with E-state index in [-0.39, 0.29) is 0 Å². The molecule has 86 valence electrons. The summed E-state index contributed by atoms with van der Waals surface area (Å²) in [6.45, 7) is 0.615. The van der Waals surface area contributed by atoms with E-state index >= 15 is 0 Å². The van der Waals surface area contributed by atoms with Crippen LogP contribution in [0.3, 0.4) is 0 Å². The van der Waals surface area contributed by atoms with Gasteiger partial charge >= 0.3 is 0 Å². The van der Waals surface area contributed by atoms with Gasteiger partial charge in [0.25, 0.3) is 0 Å². The van der Waals surface area contributed by atoms with E-state index in [4.69, 9.17) is 0 Å². The summed E-state index contributed by atoms with van der Waals surface area (Å²) in [6.07, 6.45) is 0.866. The van der Waals surface area contributed by atoms with Gasteiger partial charge in [-0.25, -0.2) is 0 Å². The average Bonchev–Trinajstić information content (AvgIpc) is 2.40. The molecule has 0 N–H and O–H groups in total. The topological polar surface area (TPSA) is 20.3 Å². The van der Waals surface area contributed by atoms with Crippen LogP contribution in [-0.2, 0) is 11.3 Å². The second-order valence-electron chi connectivity index (χ2n) is 3.57. The number of hydrogen-bond donors (Lipinski definition) is 0. The lowest BCUT2D eigenvalue weighted by Crippen LogP contribution is -2.12. The Morgan fingerprint density at radius 1 is 0.941 bits per heavy atom. The Bertz CT molecular complexity index is 417. The van der Waals surface area contributed by atoms with E-state index in [0.29, 0.717) is 6.54 Å². The molecule has 3 heteroatoms. The Kier molecular flexibility index (Phi) is 4.22. The van der Waals surface area contributed by atoms with Gasteiger partial charge in [0.2, 0.25) is 6.41 Å². The molecule has 2 aromatic rings. The van der Waals surface area contributed by atoms with E-state index < -0.39 is 0 Å². The van der Waals surface area contributed by atoms with Crippen LogP contribution in [-0.4, -0.2) is 10.7 Å². The molecule has 0 aliphatic carbocycles. The number of amides is 1. The number of nitrogens with zero attached hydrogens (tertiary/aromatic N) is 1. The van der Waals surface area contributed by atoms with E-state index in [1.165, 1.54) is 11.9 Å². The molecule has 0 saturated carbocycles. The van der Waals surface area contributed by atoms with Gasteiger partial charge in [0, 0.05) is 4.90 Å². The lowest BCUT2D eigenvalue weighted by Gasteiger charge is -2.15. The van der Waals surface area contributed by atoms with E-state index in [9.17, 15) is 4.79 Å². The zero-order valence-electron chi connectivity index (χ0n) is 9.32. The first-order chi connectivity index (χ1) is 8.38. The van der Waals surface area contributed by atoms with E-state index in [1.807, 2.05) is 60.7 Å². The monoisotopic (exact) mass is 243 g/mol. The molecule has 2 aromatic carbocycles. The highest BCUT2D eigenvalue weighted by molar-refractivity contribution is 7.97. The molecule has 0 aliphatic heterocycles. The summed E-state index contributed by atoms with van der Waals surface area (Å²) in [4.78, 5) is 12.1. The van der Waals surface area contributed by atoms with Crippen LogP contribution in [0.1, 0.15) is 5.56 Å². The highest BCUT2D eigenvalue weighted by Crippen LogP contribution is 2.22. The molecule has 1 amide bonds. The van der Waals surface area contributed by atoms with E-state index in [1.54, 1.807) is 4.31 Å². The molecule has 0 fully saturated rings. The number of carbonyl (C=O) groups excluding carboxylic acids is 1. The van der Waals surface area contributed by atoms with Gasteiger partial charge in [-0.15, -0.1) is 0 Å². The third-order valence-corrected chi connectivity index (χ3v) is 3.20. The quantitative estimate of drug-likeness (QED) is 0.593. The normalized spacial score (nSPS) is 9.88. The highest BCUT2D eigenvalue weighted by Gasteiger charge is 2.04. The lowest BCUT2D eigenvalue weighted by atomic mass is 10.2. The Labute approximate surface area is 105 Å². The third kappa shape index (κ3) is 3.64. The molecule has 2 rings (SSSR count). The van der Waals surface area contributed by atoms with Crippen LogP contribution >= 0.6 is 11.9 Å². The van der Waals surface area contributed by atoms with Crippen molar-refractivity contribution in [3.8, 4) is 0 Å². The maximum absolute atomic E-state index is 11.0. The van der Waals surface area contributed by atoms with Crippen molar-refractivity contribution in [3.63, 3.8) is 0 Å². The van der Waals surface area contributed by atoms with Crippen molar-refractivity contribution in [2.24, 2.45) is 0 Å². The van der Waals surface area contributed by atoms with Crippen molar-refractivity contribution in [1.29, 1.82) is 0 Å². The fourth-order valence-corrected chi connectivity index (χ4v) is 2.28. The third-order valence-electron chi connectivity index (χ3n) is 2.26. The summed E-state index contributed by atoms with van der Waals surface area (Å²) >= 11 is 1.45. The van der Waals surface area contributed by atoms with Crippen LogP contribution < -0.4 is 0 Å². The molecule has 17 heavy (non-hydrogen) atoms. The summed E-state index contributed by atoms with van der Waals surface area (Å²) in [7, 11) is 0. The van der Waals surface area contributed by atoms with E-state index in [0.717, 1.165) is 16.9 Å². The molecule has 0 saturated heterocycles. The summed E-state index contributed by atoms with van der Waals surface area (Å²) in [5.41, 5.74) is 1.13. The predicted molar refractivity (Wildman–Crippen MR) is 70.3 cm³/mol.